The molecule has 0 N–H and O–H groups in total. The van der Waals surface area contributed by atoms with E-state index in [4.69, 9.17) is 9.47 Å². The van der Waals surface area contributed by atoms with Gasteiger partial charge in [0.2, 0.25) is 0 Å². The molecular formula is C16H20O2. The van der Waals surface area contributed by atoms with Crippen LogP contribution in [-0.2, 0) is 16.1 Å². The molecule has 1 saturated heterocycles. The van der Waals surface area contributed by atoms with Crippen molar-refractivity contribution in [3.63, 3.8) is 0 Å². The van der Waals surface area contributed by atoms with Crippen LogP contribution >= 0.6 is 0 Å². The van der Waals surface area contributed by atoms with E-state index in [1.807, 2.05) is 24.3 Å². The van der Waals surface area contributed by atoms with Crippen LogP contribution in [-0.4, -0.2) is 19.3 Å². The SMILES string of the molecule is C=C1CCO[C@@H](/C=C/COCc2ccccc2)C1. The van der Waals surface area contributed by atoms with E-state index in [0.29, 0.717) is 13.2 Å². The van der Waals surface area contributed by atoms with E-state index in [-0.39, 0.29) is 6.10 Å². The molecule has 1 fully saturated rings. The molecule has 0 spiro atoms. The molecule has 2 rings (SSSR count). The van der Waals surface area contributed by atoms with E-state index in [1.54, 1.807) is 0 Å². The first-order chi connectivity index (χ1) is 8.84. The second-order valence-corrected chi connectivity index (χ2v) is 4.54. The van der Waals surface area contributed by atoms with Gasteiger partial charge in [0.25, 0.3) is 0 Å². The Bertz CT molecular complexity index is 395. The molecule has 18 heavy (non-hydrogen) atoms. The molecule has 0 bridgehead atoms. The first-order valence-electron chi connectivity index (χ1n) is 6.41. The van der Waals surface area contributed by atoms with Crippen molar-refractivity contribution in [2.45, 2.75) is 25.6 Å². The maximum Gasteiger partial charge on any atom is 0.0793 e. The molecule has 2 heteroatoms. The zero-order chi connectivity index (χ0) is 12.6. The maximum atomic E-state index is 5.61. The first-order valence-corrected chi connectivity index (χ1v) is 6.41. The monoisotopic (exact) mass is 244 g/mol. The van der Waals surface area contributed by atoms with Gasteiger partial charge in [-0.05, 0) is 18.4 Å². The highest BCUT2D eigenvalue weighted by Crippen LogP contribution is 2.18. The first kappa shape index (κ1) is 13.1. The van der Waals surface area contributed by atoms with E-state index in [9.17, 15) is 0 Å². The summed E-state index contributed by atoms with van der Waals surface area (Å²) in [6.45, 7) is 6.08. The van der Waals surface area contributed by atoms with Crippen LogP contribution < -0.4 is 0 Å². The minimum Gasteiger partial charge on any atom is -0.373 e. The summed E-state index contributed by atoms with van der Waals surface area (Å²) >= 11 is 0. The van der Waals surface area contributed by atoms with Gasteiger partial charge in [-0.2, -0.15) is 0 Å². The third-order valence-electron chi connectivity index (χ3n) is 2.95. The third kappa shape index (κ3) is 4.47. The van der Waals surface area contributed by atoms with E-state index in [2.05, 4.69) is 24.8 Å². The summed E-state index contributed by atoms with van der Waals surface area (Å²) in [4.78, 5) is 0. The third-order valence-corrected chi connectivity index (χ3v) is 2.95. The number of hydrogen-bond donors (Lipinski definition) is 0. The second kappa shape index (κ2) is 7.14. The van der Waals surface area contributed by atoms with Gasteiger partial charge in [0.05, 0.1) is 25.9 Å². The van der Waals surface area contributed by atoms with E-state index >= 15 is 0 Å². The predicted molar refractivity (Wildman–Crippen MR) is 73.4 cm³/mol. The van der Waals surface area contributed by atoms with Gasteiger partial charge >= 0.3 is 0 Å². The minimum atomic E-state index is 0.187. The molecule has 2 nitrogen and oxygen atoms in total. The van der Waals surface area contributed by atoms with Crippen LogP contribution in [0.4, 0.5) is 0 Å². The van der Waals surface area contributed by atoms with Crippen LogP contribution in [0, 0.1) is 0 Å². The van der Waals surface area contributed by atoms with Gasteiger partial charge in [0.1, 0.15) is 0 Å². The van der Waals surface area contributed by atoms with Crippen LogP contribution in [0.3, 0.4) is 0 Å². The zero-order valence-electron chi connectivity index (χ0n) is 10.7. The standard InChI is InChI=1S/C16H20O2/c1-14-9-11-18-16(12-14)8-5-10-17-13-15-6-3-2-4-7-15/h2-8,16H,1,9-13H2/b8-5+/t16-/m0/s1. The molecule has 0 saturated carbocycles. The molecule has 0 aromatic heterocycles. The lowest BCUT2D eigenvalue weighted by atomic mass is 10.0. The zero-order valence-corrected chi connectivity index (χ0v) is 10.7. The summed E-state index contributed by atoms with van der Waals surface area (Å²) < 4.78 is 11.2. The molecule has 1 atom stereocenters. The Morgan fingerprint density at radius 2 is 2.17 bits per heavy atom. The quantitative estimate of drug-likeness (QED) is 0.583. The van der Waals surface area contributed by atoms with E-state index in [0.717, 1.165) is 19.4 Å². The smallest absolute Gasteiger partial charge is 0.0793 e. The lowest BCUT2D eigenvalue weighted by molar-refractivity contribution is 0.0666. The van der Waals surface area contributed by atoms with Crippen molar-refractivity contribution in [1.82, 2.24) is 0 Å². The van der Waals surface area contributed by atoms with Crippen LogP contribution in [0.2, 0.25) is 0 Å². The van der Waals surface area contributed by atoms with Crippen molar-refractivity contribution in [2.24, 2.45) is 0 Å². The summed E-state index contributed by atoms with van der Waals surface area (Å²) in [5, 5.41) is 0. The fraction of sp³-hybridized carbons (Fsp3) is 0.375. The summed E-state index contributed by atoms with van der Waals surface area (Å²) in [5.74, 6) is 0. The Balaban J connectivity index is 1.64. The van der Waals surface area contributed by atoms with Crippen molar-refractivity contribution in [1.29, 1.82) is 0 Å². The molecular weight excluding hydrogens is 224 g/mol. The Hall–Kier alpha value is -1.38. The van der Waals surface area contributed by atoms with Gasteiger partial charge in [0.15, 0.2) is 0 Å². The van der Waals surface area contributed by atoms with Crippen molar-refractivity contribution in [3.8, 4) is 0 Å². The fourth-order valence-electron chi connectivity index (χ4n) is 1.95. The second-order valence-electron chi connectivity index (χ2n) is 4.54. The number of benzene rings is 1. The predicted octanol–water partition coefficient (Wildman–Crippen LogP) is 3.49. The summed E-state index contributed by atoms with van der Waals surface area (Å²) in [7, 11) is 0. The van der Waals surface area contributed by atoms with Gasteiger partial charge in [0, 0.05) is 0 Å². The fourth-order valence-corrected chi connectivity index (χ4v) is 1.95. The maximum absolute atomic E-state index is 5.61. The normalized spacial score (nSPS) is 20.4. The average Bonchev–Trinajstić information content (AvgIpc) is 2.40. The Kier molecular flexibility index (Phi) is 5.18. The summed E-state index contributed by atoms with van der Waals surface area (Å²) in [5.41, 5.74) is 2.48. The van der Waals surface area contributed by atoms with E-state index < -0.39 is 0 Å². The molecule has 96 valence electrons. The molecule has 0 unspecified atom stereocenters. The highest BCUT2D eigenvalue weighted by molar-refractivity contribution is 5.13. The number of hydrogen-bond acceptors (Lipinski definition) is 2. The molecule has 1 aliphatic rings. The Morgan fingerprint density at radius 3 is 2.94 bits per heavy atom. The van der Waals surface area contributed by atoms with Crippen LogP contribution in [0.15, 0.2) is 54.6 Å². The molecule has 0 aliphatic carbocycles. The van der Waals surface area contributed by atoms with Gasteiger partial charge in [-0.15, -0.1) is 0 Å². The molecule has 1 aliphatic heterocycles. The summed E-state index contributed by atoms with van der Waals surface area (Å²) in [6.07, 6.45) is 6.23. The summed E-state index contributed by atoms with van der Waals surface area (Å²) in [6, 6.07) is 10.2. The van der Waals surface area contributed by atoms with Gasteiger partial charge < -0.3 is 9.47 Å². The molecule has 0 radical (unpaired) electrons. The minimum absolute atomic E-state index is 0.187. The average molecular weight is 244 g/mol. The molecule has 1 aromatic carbocycles. The van der Waals surface area contributed by atoms with Gasteiger partial charge in [-0.25, -0.2) is 0 Å². The number of rotatable bonds is 5. The molecule has 1 aromatic rings. The highest BCUT2D eigenvalue weighted by atomic mass is 16.5. The topological polar surface area (TPSA) is 18.5 Å². The van der Waals surface area contributed by atoms with E-state index in [1.165, 1.54) is 11.1 Å². The van der Waals surface area contributed by atoms with Crippen molar-refractivity contribution >= 4 is 0 Å². The van der Waals surface area contributed by atoms with Gasteiger partial charge in [-0.1, -0.05) is 54.6 Å². The number of ether oxygens (including phenoxy) is 2. The van der Waals surface area contributed by atoms with Crippen LogP contribution in [0.25, 0.3) is 0 Å². The Labute approximate surface area is 109 Å². The van der Waals surface area contributed by atoms with Crippen LogP contribution in [0.5, 0.6) is 0 Å². The van der Waals surface area contributed by atoms with Crippen molar-refractivity contribution in [3.05, 3.63) is 60.2 Å². The lowest BCUT2D eigenvalue weighted by Gasteiger charge is -2.21. The van der Waals surface area contributed by atoms with Crippen LogP contribution in [0.1, 0.15) is 18.4 Å². The molecule has 0 amide bonds. The van der Waals surface area contributed by atoms with Crippen molar-refractivity contribution < 1.29 is 9.47 Å². The molecule has 1 heterocycles. The van der Waals surface area contributed by atoms with Crippen molar-refractivity contribution in [2.75, 3.05) is 13.2 Å². The van der Waals surface area contributed by atoms with Gasteiger partial charge in [-0.3, -0.25) is 0 Å². The highest BCUT2D eigenvalue weighted by Gasteiger charge is 2.12. The Morgan fingerprint density at radius 1 is 1.33 bits per heavy atom. The lowest BCUT2D eigenvalue weighted by Crippen LogP contribution is -2.18. The largest absolute Gasteiger partial charge is 0.373 e.